The van der Waals surface area contributed by atoms with Crippen molar-refractivity contribution in [3.05, 3.63) is 41.5 Å². The second kappa shape index (κ2) is 11.4. The van der Waals surface area contributed by atoms with E-state index in [1.54, 1.807) is 5.57 Å². The monoisotopic (exact) mass is 342 g/mol. The Bertz CT molecular complexity index is 493. The van der Waals surface area contributed by atoms with Gasteiger partial charge in [-0.25, -0.2) is 0 Å². The Kier molecular flexibility index (Phi) is 9.15. The maximum atomic E-state index is 5.78. The minimum atomic E-state index is 0.671. The van der Waals surface area contributed by atoms with Crippen LogP contribution in [0.2, 0.25) is 0 Å². The van der Waals surface area contributed by atoms with Gasteiger partial charge in [0.15, 0.2) is 0 Å². The molecule has 140 valence electrons. The number of hydrogen-bond acceptors (Lipinski definition) is 1. The van der Waals surface area contributed by atoms with E-state index in [2.05, 4.69) is 51.1 Å². The summed E-state index contributed by atoms with van der Waals surface area (Å²) in [5.41, 5.74) is 3.22. The van der Waals surface area contributed by atoms with Crippen LogP contribution < -0.4 is 4.74 Å². The van der Waals surface area contributed by atoms with E-state index in [4.69, 9.17) is 4.74 Å². The molecule has 1 unspecified atom stereocenters. The molecule has 0 amide bonds. The van der Waals surface area contributed by atoms with Crippen LogP contribution in [-0.2, 0) is 0 Å². The summed E-state index contributed by atoms with van der Waals surface area (Å²) < 4.78 is 5.78. The molecule has 1 aliphatic rings. The van der Waals surface area contributed by atoms with Gasteiger partial charge in [-0.05, 0) is 68.1 Å². The van der Waals surface area contributed by atoms with Crippen LogP contribution >= 0.6 is 0 Å². The zero-order valence-electron chi connectivity index (χ0n) is 16.7. The van der Waals surface area contributed by atoms with Crippen molar-refractivity contribution >= 4 is 0 Å². The van der Waals surface area contributed by atoms with Crippen LogP contribution in [0.5, 0.6) is 5.75 Å². The third kappa shape index (κ3) is 6.53. The maximum Gasteiger partial charge on any atom is 0.119 e. The average Bonchev–Trinajstić information content (AvgIpc) is 2.66. The zero-order chi connectivity index (χ0) is 17.9. The van der Waals surface area contributed by atoms with Gasteiger partial charge in [0.25, 0.3) is 0 Å². The average molecular weight is 343 g/mol. The molecule has 2 rings (SSSR count). The molecule has 1 aromatic rings. The van der Waals surface area contributed by atoms with Gasteiger partial charge in [-0.15, -0.1) is 0 Å². The van der Waals surface area contributed by atoms with E-state index in [1.165, 1.54) is 63.4 Å². The molecule has 1 aromatic carbocycles. The van der Waals surface area contributed by atoms with Crippen LogP contribution in [0.3, 0.4) is 0 Å². The lowest BCUT2D eigenvalue weighted by atomic mass is 9.76. The standard InChI is InChI=1S/C24H38O/c1-4-10-21(11-5-2)24(19-20-12-8-7-9-13-20)22-14-16-23(17-15-22)25-18-6-3/h12,14-17,21,24H,4-11,13,18-19H2,1-3H3. The van der Waals surface area contributed by atoms with Crippen molar-refractivity contribution in [1.29, 1.82) is 0 Å². The van der Waals surface area contributed by atoms with E-state index < -0.39 is 0 Å². The van der Waals surface area contributed by atoms with Gasteiger partial charge in [-0.2, -0.15) is 0 Å². The Morgan fingerprint density at radius 2 is 1.64 bits per heavy atom. The van der Waals surface area contributed by atoms with E-state index >= 15 is 0 Å². The summed E-state index contributed by atoms with van der Waals surface area (Å²) in [4.78, 5) is 0. The molecule has 0 spiro atoms. The van der Waals surface area contributed by atoms with Crippen LogP contribution in [0, 0.1) is 5.92 Å². The predicted molar refractivity (Wildman–Crippen MR) is 109 cm³/mol. The molecule has 1 atom stereocenters. The van der Waals surface area contributed by atoms with Gasteiger partial charge in [0.1, 0.15) is 5.75 Å². The summed E-state index contributed by atoms with van der Waals surface area (Å²) in [7, 11) is 0. The highest BCUT2D eigenvalue weighted by Gasteiger charge is 2.23. The first-order chi connectivity index (χ1) is 12.3. The molecule has 0 aliphatic heterocycles. The Morgan fingerprint density at radius 3 is 2.20 bits per heavy atom. The lowest BCUT2D eigenvalue weighted by molar-refractivity contribution is 0.316. The fourth-order valence-corrected chi connectivity index (χ4v) is 4.25. The molecule has 25 heavy (non-hydrogen) atoms. The van der Waals surface area contributed by atoms with Gasteiger partial charge in [0.2, 0.25) is 0 Å². The minimum Gasteiger partial charge on any atom is -0.494 e. The minimum absolute atomic E-state index is 0.671. The summed E-state index contributed by atoms with van der Waals surface area (Å²) >= 11 is 0. The fourth-order valence-electron chi connectivity index (χ4n) is 4.25. The van der Waals surface area contributed by atoms with Crippen LogP contribution in [0.4, 0.5) is 0 Å². The second-order valence-corrected chi connectivity index (χ2v) is 7.67. The number of rotatable bonds is 11. The molecule has 0 aromatic heterocycles. The highest BCUT2D eigenvalue weighted by atomic mass is 16.5. The molecule has 0 heterocycles. The van der Waals surface area contributed by atoms with Crippen LogP contribution in [0.15, 0.2) is 35.9 Å². The fraction of sp³-hybridized carbons (Fsp3) is 0.667. The molecule has 1 nitrogen and oxygen atoms in total. The lowest BCUT2D eigenvalue weighted by Crippen LogP contribution is -2.15. The van der Waals surface area contributed by atoms with Gasteiger partial charge >= 0.3 is 0 Å². The topological polar surface area (TPSA) is 9.23 Å². The van der Waals surface area contributed by atoms with E-state index in [-0.39, 0.29) is 0 Å². The molecular weight excluding hydrogens is 304 g/mol. The molecule has 1 heteroatoms. The van der Waals surface area contributed by atoms with Crippen molar-refractivity contribution in [3.8, 4) is 5.75 Å². The van der Waals surface area contributed by atoms with E-state index in [0.717, 1.165) is 24.7 Å². The van der Waals surface area contributed by atoms with Crippen molar-refractivity contribution in [3.63, 3.8) is 0 Å². The number of ether oxygens (including phenoxy) is 1. The lowest BCUT2D eigenvalue weighted by Gasteiger charge is -2.29. The molecule has 0 bridgehead atoms. The SMILES string of the molecule is CCCOc1ccc(C(CC2=CCCCC2)C(CCC)CCC)cc1. The number of hydrogen-bond donors (Lipinski definition) is 0. The third-order valence-corrected chi connectivity index (χ3v) is 5.54. The Labute approximate surface area is 155 Å². The number of benzene rings is 1. The maximum absolute atomic E-state index is 5.78. The summed E-state index contributed by atoms with van der Waals surface area (Å²) in [6, 6.07) is 9.03. The van der Waals surface area contributed by atoms with E-state index in [1.807, 2.05) is 0 Å². The predicted octanol–water partition coefficient (Wildman–Crippen LogP) is 7.67. The molecule has 0 radical (unpaired) electrons. The van der Waals surface area contributed by atoms with Crippen molar-refractivity contribution in [2.45, 2.75) is 90.9 Å². The van der Waals surface area contributed by atoms with Crippen LogP contribution in [-0.4, -0.2) is 6.61 Å². The Morgan fingerprint density at radius 1 is 0.920 bits per heavy atom. The van der Waals surface area contributed by atoms with Crippen molar-refractivity contribution < 1.29 is 4.74 Å². The van der Waals surface area contributed by atoms with Crippen molar-refractivity contribution in [2.24, 2.45) is 5.92 Å². The molecule has 0 fully saturated rings. The molecule has 0 N–H and O–H groups in total. The first-order valence-corrected chi connectivity index (χ1v) is 10.7. The summed E-state index contributed by atoms with van der Waals surface area (Å²) in [6.45, 7) is 7.63. The molecular formula is C24H38O. The molecule has 0 saturated carbocycles. The van der Waals surface area contributed by atoms with Crippen LogP contribution in [0.25, 0.3) is 0 Å². The van der Waals surface area contributed by atoms with Crippen LogP contribution in [0.1, 0.15) is 96.5 Å². The third-order valence-electron chi connectivity index (χ3n) is 5.54. The van der Waals surface area contributed by atoms with Gasteiger partial charge < -0.3 is 4.74 Å². The largest absolute Gasteiger partial charge is 0.494 e. The highest BCUT2D eigenvalue weighted by Crippen LogP contribution is 2.39. The Balaban J connectivity index is 2.17. The van der Waals surface area contributed by atoms with Gasteiger partial charge in [-0.1, -0.05) is 70.2 Å². The summed E-state index contributed by atoms with van der Waals surface area (Å²) in [5, 5.41) is 0. The van der Waals surface area contributed by atoms with E-state index in [9.17, 15) is 0 Å². The first kappa shape index (κ1) is 20.1. The first-order valence-electron chi connectivity index (χ1n) is 10.7. The van der Waals surface area contributed by atoms with Gasteiger partial charge in [0, 0.05) is 0 Å². The van der Waals surface area contributed by atoms with Gasteiger partial charge in [-0.3, -0.25) is 0 Å². The summed E-state index contributed by atoms with van der Waals surface area (Å²) in [5.74, 6) is 2.49. The second-order valence-electron chi connectivity index (χ2n) is 7.67. The zero-order valence-corrected chi connectivity index (χ0v) is 16.7. The van der Waals surface area contributed by atoms with Crippen molar-refractivity contribution in [2.75, 3.05) is 6.61 Å². The van der Waals surface area contributed by atoms with E-state index in [0.29, 0.717) is 5.92 Å². The van der Waals surface area contributed by atoms with Gasteiger partial charge in [0.05, 0.1) is 6.61 Å². The molecule has 0 saturated heterocycles. The quantitative estimate of drug-likeness (QED) is 0.375. The normalized spacial score (nSPS) is 15.9. The smallest absolute Gasteiger partial charge is 0.119 e. The number of allylic oxidation sites excluding steroid dienone is 2. The van der Waals surface area contributed by atoms with Crippen molar-refractivity contribution in [1.82, 2.24) is 0 Å². The molecule has 1 aliphatic carbocycles. The highest BCUT2D eigenvalue weighted by molar-refractivity contribution is 5.31. The summed E-state index contributed by atoms with van der Waals surface area (Å²) in [6.07, 6.45) is 15.5. The Hall–Kier alpha value is -1.24.